The smallest absolute Gasteiger partial charge is 0.272 e. The summed E-state index contributed by atoms with van der Waals surface area (Å²) in [7, 11) is 0. The monoisotopic (exact) mass is 404 g/mol. The Morgan fingerprint density at radius 3 is 2.50 bits per heavy atom. The van der Waals surface area contributed by atoms with E-state index in [1.54, 1.807) is 16.8 Å². The van der Waals surface area contributed by atoms with E-state index < -0.39 is 0 Å². The molecule has 6 heteroatoms. The van der Waals surface area contributed by atoms with Crippen molar-refractivity contribution in [2.24, 2.45) is 5.92 Å². The van der Waals surface area contributed by atoms with Gasteiger partial charge in [0.1, 0.15) is 5.69 Å². The van der Waals surface area contributed by atoms with E-state index in [0.717, 1.165) is 29.4 Å². The molecule has 0 radical (unpaired) electrons. The molecule has 6 nitrogen and oxygen atoms in total. The van der Waals surface area contributed by atoms with Gasteiger partial charge in [-0.05, 0) is 37.0 Å². The fourth-order valence-corrected chi connectivity index (χ4v) is 3.89. The average Bonchev–Trinajstić information content (AvgIpc) is 2.74. The third-order valence-electron chi connectivity index (χ3n) is 5.79. The predicted octanol–water partition coefficient (Wildman–Crippen LogP) is 3.64. The largest absolute Gasteiger partial charge is 0.337 e. The van der Waals surface area contributed by atoms with Crippen LogP contribution in [-0.4, -0.2) is 38.7 Å². The Kier molecular flexibility index (Phi) is 5.41. The summed E-state index contributed by atoms with van der Waals surface area (Å²) in [5, 5.41) is 5.61. The normalized spacial score (nSPS) is 15.5. The molecule has 3 heterocycles. The number of aromatic nitrogens is 3. The molecule has 4 rings (SSSR count). The van der Waals surface area contributed by atoms with Gasteiger partial charge in [0, 0.05) is 36.5 Å². The summed E-state index contributed by atoms with van der Waals surface area (Å²) >= 11 is 0. The van der Waals surface area contributed by atoms with Gasteiger partial charge in [-0.2, -0.15) is 5.10 Å². The van der Waals surface area contributed by atoms with Crippen molar-refractivity contribution in [2.75, 3.05) is 13.1 Å². The SMILES string of the molecule is CC(C)(C)c1ccc(=O)n(CC2CCN(C(=O)c3ccc4ccccc4n3)CC2)n1. The Hall–Kier alpha value is -3.02. The van der Waals surface area contributed by atoms with Crippen LogP contribution in [0.2, 0.25) is 0 Å². The molecule has 3 aromatic rings. The van der Waals surface area contributed by atoms with Gasteiger partial charge in [-0.3, -0.25) is 9.59 Å². The summed E-state index contributed by atoms with van der Waals surface area (Å²) in [5.74, 6) is 0.309. The molecular formula is C24H28N4O2. The summed E-state index contributed by atoms with van der Waals surface area (Å²) in [4.78, 5) is 31.6. The van der Waals surface area contributed by atoms with Crippen molar-refractivity contribution in [1.29, 1.82) is 0 Å². The summed E-state index contributed by atoms with van der Waals surface area (Å²) in [6.45, 7) is 8.22. The minimum atomic E-state index is -0.0991. The first kappa shape index (κ1) is 20.3. The lowest BCUT2D eigenvalue weighted by Gasteiger charge is -2.32. The number of carbonyl (C=O) groups is 1. The molecule has 156 valence electrons. The Bertz CT molecular complexity index is 1120. The van der Waals surface area contributed by atoms with Gasteiger partial charge in [0.05, 0.1) is 11.2 Å². The molecule has 0 saturated carbocycles. The van der Waals surface area contributed by atoms with Crippen molar-refractivity contribution in [3.05, 3.63) is 70.3 Å². The minimum absolute atomic E-state index is 0.0239. The third-order valence-corrected chi connectivity index (χ3v) is 5.79. The van der Waals surface area contributed by atoms with Crippen LogP contribution in [0.1, 0.15) is 49.8 Å². The zero-order valence-corrected chi connectivity index (χ0v) is 17.8. The van der Waals surface area contributed by atoms with Crippen molar-refractivity contribution in [3.8, 4) is 0 Å². The van der Waals surface area contributed by atoms with Gasteiger partial charge in [0.2, 0.25) is 0 Å². The number of nitrogens with zero attached hydrogens (tertiary/aromatic N) is 4. The maximum atomic E-state index is 12.9. The molecule has 1 saturated heterocycles. The number of rotatable bonds is 3. The minimum Gasteiger partial charge on any atom is -0.337 e. The summed E-state index contributed by atoms with van der Waals surface area (Å²) in [6.07, 6.45) is 1.71. The number of amides is 1. The number of likely N-dealkylation sites (tertiary alicyclic amines) is 1. The Labute approximate surface area is 176 Å². The van der Waals surface area contributed by atoms with E-state index in [1.807, 2.05) is 41.3 Å². The number of carbonyl (C=O) groups excluding carboxylic acids is 1. The van der Waals surface area contributed by atoms with E-state index in [-0.39, 0.29) is 16.9 Å². The summed E-state index contributed by atoms with van der Waals surface area (Å²) in [5.41, 5.74) is 2.07. The lowest BCUT2D eigenvalue weighted by atomic mass is 9.92. The maximum absolute atomic E-state index is 12.9. The second kappa shape index (κ2) is 8.01. The summed E-state index contributed by atoms with van der Waals surface area (Å²) < 4.78 is 1.59. The van der Waals surface area contributed by atoms with E-state index in [9.17, 15) is 9.59 Å². The molecule has 1 aliphatic heterocycles. The van der Waals surface area contributed by atoms with Crippen molar-refractivity contribution in [2.45, 2.75) is 45.6 Å². The van der Waals surface area contributed by atoms with Crippen molar-refractivity contribution >= 4 is 16.8 Å². The number of pyridine rings is 1. The second-order valence-electron chi connectivity index (χ2n) is 9.11. The van der Waals surface area contributed by atoms with E-state index >= 15 is 0 Å². The molecule has 0 spiro atoms. The van der Waals surface area contributed by atoms with Crippen molar-refractivity contribution in [1.82, 2.24) is 19.7 Å². The van der Waals surface area contributed by atoms with Gasteiger partial charge in [-0.1, -0.05) is 45.0 Å². The molecule has 0 unspecified atom stereocenters. The van der Waals surface area contributed by atoms with Gasteiger partial charge in [0.15, 0.2) is 0 Å². The van der Waals surface area contributed by atoms with Gasteiger partial charge in [-0.25, -0.2) is 9.67 Å². The van der Waals surface area contributed by atoms with E-state index in [4.69, 9.17) is 0 Å². The van der Waals surface area contributed by atoms with Crippen LogP contribution in [0, 0.1) is 5.92 Å². The highest BCUT2D eigenvalue weighted by Crippen LogP contribution is 2.22. The lowest BCUT2D eigenvalue weighted by molar-refractivity contribution is 0.0674. The zero-order chi connectivity index (χ0) is 21.3. The third kappa shape index (κ3) is 4.27. The van der Waals surface area contributed by atoms with Crippen LogP contribution in [0.4, 0.5) is 0 Å². The maximum Gasteiger partial charge on any atom is 0.272 e. The fourth-order valence-electron chi connectivity index (χ4n) is 3.89. The van der Waals surface area contributed by atoms with E-state index in [0.29, 0.717) is 31.2 Å². The highest BCUT2D eigenvalue weighted by molar-refractivity contribution is 5.94. The molecule has 0 N–H and O–H groups in total. The molecule has 0 atom stereocenters. The van der Waals surface area contributed by atoms with Gasteiger partial charge in [0.25, 0.3) is 11.5 Å². The highest BCUT2D eigenvalue weighted by Gasteiger charge is 2.25. The number of benzene rings is 1. The van der Waals surface area contributed by atoms with Crippen molar-refractivity contribution in [3.63, 3.8) is 0 Å². The van der Waals surface area contributed by atoms with Gasteiger partial charge >= 0.3 is 0 Å². The quantitative estimate of drug-likeness (QED) is 0.668. The number of piperidine rings is 1. The predicted molar refractivity (Wildman–Crippen MR) is 118 cm³/mol. The Morgan fingerprint density at radius 1 is 1.03 bits per heavy atom. The molecule has 1 aromatic carbocycles. The molecule has 1 aliphatic rings. The van der Waals surface area contributed by atoms with Crippen LogP contribution >= 0.6 is 0 Å². The van der Waals surface area contributed by atoms with Crippen LogP contribution < -0.4 is 5.56 Å². The fraction of sp³-hybridized carbons (Fsp3) is 0.417. The van der Waals surface area contributed by atoms with Crippen LogP contribution in [0.5, 0.6) is 0 Å². The van der Waals surface area contributed by atoms with Crippen LogP contribution in [0.15, 0.2) is 53.3 Å². The number of para-hydroxylation sites is 1. The Balaban J connectivity index is 1.41. The number of hydrogen-bond donors (Lipinski definition) is 0. The lowest BCUT2D eigenvalue weighted by Crippen LogP contribution is -2.40. The number of fused-ring (bicyclic) bond motifs is 1. The average molecular weight is 405 g/mol. The first-order chi connectivity index (χ1) is 14.3. The van der Waals surface area contributed by atoms with Crippen LogP contribution in [0.25, 0.3) is 10.9 Å². The summed E-state index contributed by atoms with van der Waals surface area (Å²) in [6, 6.07) is 15.0. The molecule has 0 aliphatic carbocycles. The first-order valence-corrected chi connectivity index (χ1v) is 10.5. The van der Waals surface area contributed by atoms with E-state index in [2.05, 4.69) is 30.9 Å². The topological polar surface area (TPSA) is 68.1 Å². The molecule has 1 amide bonds. The molecular weight excluding hydrogens is 376 g/mol. The molecule has 30 heavy (non-hydrogen) atoms. The van der Waals surface area contributed by atoms with Gasteiger partial charge < -0.3 is 4.90 Å². The highest BCUT2D eigenvalue weighted by atomic mass is 16.2. The standard InChI is InChI=1S/C24H28N4O2/c1-24(2,3)21-10-11-22(29)28(26-21)16-17-12-14-27(15-13-17)23(30)20-9-8-18-6-4-5-7-19(18)25-20/h4-11,17H,12-16H2,1-3H3. The molecule has 0 bridgehead atoms. The Morgan fingerprint density at radius 2 is 1.77 bits per heavy atom. The second-order valence-corrected chi connectivity index (χ2v) is 9.11. The van der Waals surface area contributed by atoms with E-state index in [1.165, 1.54) is 0 Å². The first-order valence-electron chi connectivity index (χ1n) is 10.5. The molecule has 1 fully saturated rings. The van der Waals surface area contributed by atoms with Crippen molar-refractivity contribution < 1.29 is 4.79 Å². The number of hydrogen-bond acceptors (Lipinski definition) is 4. The van der Waals surface area contributed by atoms with Gasteiger partial charge in [-0.15, -0.1) is 0 Å². The molecule has 2 aromatic heterocycles. The van der Waals surface area contributed by atoms with Crippen LogP contribution in [0.3, 0.4) is 0 Å². The van der Waals surface area contributed by atoms with Crippen LogP contribution in [-0.2, 0) is 12.0 Å². The zero-order valence-electron chi connectivity index (χ0n) is 17.8.